The number of carboxylic acids is 1. The number of nitrogens with two attached hydrogens (primary N) is 1. The van der Waals surface area contributed by atoms with Crippen LogP contribution in [0.25, 0.3) is 17.3 Å². The molecular weight excluding hydrogens is 386 g/mol. The van der Waals surface area contributed by atoms with Crippen molar-refractivity contribution in [2.24, 2.45) is 5.84 Å². The average molecular weight is 417 g/mol. The van der Waals surface area contributed by atoms with Crippen LogP contribution in [0.3, 0.4) is 0 Å². The van der Waals surface area contributed by atoms with E-state index in [-0.39, 0.29) is 4.59 Å². The number of carboxylic acid groups (broad SMARTS) is 1. The molecule has 1 aromatic carbocycles. The zero-order valence-electron chi connectivity index (χ0n) is 17.9. The number of quaternary nitrogens is 1. The second-order valence-corrected chi connectivity index (χ2v) is 9.59. The molecule has 160 valence electrons. The fourth-order valence-corrected chi connectivity index (χ4v) is 6.52. The molecule has 31 heavy (non-hydrogen) atoms. The molecule has 1 saturated carbocycles. The molecule has 3 N–H and O–H groups in total. The van der Waals surface area contributed by atoms with Crippen molar-refractivity contribution in [1.29, 1.82) is 0 Å². The second-order valence-electron chi connectivity index (χ2n) is 9.59. The zero-order valence-corrected chi connectivity index (χ0v) is 17.9. The zero-order chi connectivity index (χ0) is 21.2. The van der Waals surface area contributed by atoms with Crippen molar-refractivity contribution >= 4 is 17.7 Å². The van der Waals surface area contributed by atoms with Crippen LogP contribution in [-0.2, 0) is 19.4 Å². The highest BCUT2D eigenvalue weighted by Gasteiger charge is 2.41. The van der Waals surface area contributed by atoms with Crippen molar-refractivity contribution in [3.05, 3.63) is 58.4 Å². The number of carbonyl (C=O) groups is 1. The Morgan fingerprint density at radius 3 is 2.81 bits per heavy atom. The van der Waals surface area contributed by atoms with Gasteiger partial charge in [-0.25, -0.2) is 4.79 Å². The average Bonchev–Trinajstić information content (AvgIpc) is 3.05. The van der Waals surface area contributed by atoms with E-state index in [0.717, 1.165) is 60.6 Å². The summed E-state index contributed by atoms with van der Waals surface area (Å²) in [4.78, 5) is 12.5. The van der Waals surface area contributed by atoms with E-state index in [1.54, 1.807) is 0 Å². The Hall–Kier alpha value is -2.63. The molecule has 5 nitrogen and oxygen atoms in total. The minimum atomic E-state index is -0.843. The maximum Gasteiger partial charge on any atom is 0.338 e. The van der Waals surface area contributed by atoms with Crippen LogP contribution in [0.15, 0.2) is 30.5 Å². The summed E-state index contributed by atoms with van der Waals surface area (Å²) in [5.74, 6) is 6.79. The van der Waals surface area contributed by atoms with E-state index in [1.165, 1.54) is 43.2 Å². The lowest BCUT2D eigenvalue weighted by Gasteiger charge is -2.35. The first-order chi connectivity index (χ1) is 15.1. The van der Waals surface area contributed by atoms with Crippen LogP contribution >= 0.6 is 0 Å². The molecule has 6 rings (SSSR count). The first-order valence-electron chi connectivity index (χ1n) is 11.7. The molecule has 4 aliphatic rings. The van der Waals surface area contributed by atoms with Gasteiger partial charge in [0.05, 0.1) is 23.4 Å². The van der Waals surface area contributed by atoms with Gasteiger partial charge in [-0.3, -0.25) is 0 Å². The summed E-state index contributed by atoms with van der Waals surface area (Å²) < 4.78 is 2.54. The quantitative estimate of drug-likeness (QED) is 0.527. The van der Waals surface area contributed by atoms with Crippen LogP contribution in [-0.4, -0.2) is 22.2 Å². The number of nitrogens with zero attached hydrogens (tertiary/aromatic N) is 2. The fraction of sp³-hybridized carbons (Fsp3) is 0.423. The molecule has 5 heteroatoms. The third kappa shape index (κ3) is 2.73. The van der Waals surface area contributed by atoms with E-state index >= 15 is 0 Å². The van der Waals surface area contributed by atoms with Crippen LogP contribution in [0, 0.1) is 0 Å². The van der Waals surface area contributed by atoms with E-state index < -0.39 is 5.97 Å². The van der Waals surface area contributed by atoms with Crippen molar-refractivity contribution in [2.45, 2.75) is 63.8 Å². The summed E-state index contributed by atoms with van der Waals surface area (Å²) in [6.07, 6.45) is 17.6. The standard InChI is InChI=1S/C26H29N3O2/c27-29-15-6-10-19-18(17-7-2-1-3-8-17)12-13-21(25(19)29)24-23(26(30)31)20-9-4-5-11-22(20)28(24)14-16-29/h4,6,9,12-13,15,17H,1-3,5,7-8,10-11,14,16,27H2/p+1. The monoisotopic (exact) mass is 416 g/mol. The van der Waals surface area contributed by atoms with E-state index in [0.29, 0.717) is 11.5 Å². The lowest BCUT2D eigenvalue weighted by Crippen LogP contribution is -2.54. The third-order valence-electron chi connectivity index (χ3n) is 7.88. The number of aromatic nitrogens is 1. The SMILES string of the molecule is N[N+]12C=CCc3c(C4CCCCC4)ccc(c31)-c1c(C(=O)O)c3c(n1CC2)CCC=C3. The molecule has 1 aromatic heterocycles. The fourth-order valence-electron chi connectivity index (χ4n) is 6.52. The lowest BCUT2D eigenvalue weighted by atomic mass is 9.79. The Bertz CT molecular complexity index is 1150. The predicted octanol–water partition coefficient (Wildman–Crippen LogP) is 5.12. The van der Waals surface area contributed by atoms with Gasteiger partial charge in [0.2, 0.25) is 0 Å². The number of benzene rings is 1. The van der Waals surface area contributed by atoms with Gasteiger partial charge in [-0.15, -0.1) is 0 Å². The van der Waals surface area contributed by atoms with E-state index in [1.807, 2.05) is 6.08 Å². The summed E-state index contributed by atoms with van der Waals surface area (Å²) in [5, 5.41) is 10.2. The Balaban J connectivity index is 1.65. The molecule has 2 aliphatic carbocycles. The molecule has 2 aromatic rings. The van der Waals surface area contributed by atoms with E-state index in [4.69, 9.17) is 5.84 Å². The van der Waals surface area contributed by atoms with Crippen LogP contribution in [0.4, 0.5) is 5.69 Å². The second kappa shape index (κ2) is 6.94. The smallest absolute Gasteiger partial charge is 0.338 e. The van der Waals surface area contributed by atoms with Gasteiger partial charge in [0.25, 0.3) is 0 Å². The Labute approximate surface area is 183 Å². The predicted molar refractivity (Wildman–Crippen MR) is 124 cm³/mol. The minimum Gasteiger partial charge on any atom is -0.478 e. The first kappa shape index (κ1) is 19.1. The molecular formula is C26H30N3O2+. The first-order valence-corrected chi connectivity index (χ1v) is 11.7. The van der Waals surface area contributed by atoms with Crippen LogP contribution in [0.5, 0.6) is 0 Å². The third-order valence-corrected chi connectivity index (χ3v) is 7.88. The highest BCUT2D eigenvalue weighted by atomic mass is 16.4. The summed E-state index contributed by atoms with van der Waals surface area (Å²) in [6, 6.07) is 4.47. The molecule has 0 bridgehead atoms. The topological polar surface area (TPSA) is 68.2 Å². The Morgan fingerprint density at radius 1 is 1.16 bits per heavy atom. The molecule has 1 atom stereocenters. The van der Waals surface area contributed by atoms with E-state index in [2.05, 4.69) is 35.1 Å². The Kier molecular flexibility index (Phi) is 4.27. The van der Waals surface area contributed by atoms with Crippen molar-refractivity contribution < 1.29 is 9.90 Å². The van der Waals surface area contributed by atoms with Gasteiger partial charge in [-0.2, -0.15) is 10.4 Å². The molecule has 3 heterocycles. The summed E-state index contributed by atoms with van der Waals surface area (Å²) in [5.41, 5.74) is 8.27. The molecule has 1 fully saturated rings. The lowest BCUT2D eigenvalue weighted by molar-refractivity contribution is 0.0697. The van der Waals surface area contributed by atoms with Crippen molar-refractivity contribution in [3.63, 3.8) is 0 Å². The maximum absolute atomic E-state index is 12.5. The summed E-state index contributed by atoms with van der Waals surface area (Å²) >= 11 is 0. The summed E-state index contributed by atoms with van der Waals surface area (Å²) in [6.45, 7) is 1.47. The molecule has 0 amide bonds. The highest BCUT2D eigenvalue weighted by Crippen LogP contribution is 2.49. The largest absolute Gasteiger partial charge is 0.478 e. The number of aromatic carboxylic acids is 1. The number of fused-ring (bicyclic) bond motifs is 4. The van der Waals surface area contributed by atoms with Crippen LogP contribution in [0.1, 0.15) is 77.2 Å². The van der Waals surface area contributed by atoms with Crippen LogP contribution < -0.4 is 10.4 Å². The van der Waals surface area contributed by atoms with Gasteiger partial charge in [0.15, 0.2) is 5.69 Å². The molecule has 0 spiro atoms. The van der Waals surface area contributed by atoms with Gasteiger partial charge in [-0.05, 0) is 49.3 Å². The molecule has 0 saturated heterocycles. The molecule has 1 unspecified atom stereocenters. The van der Waals surface area contributed by atoms with Gasteiger partial charge < -0.3 is 9.67 Å². The minimum absolute atomic E-state index is 0.274. The molecule has 0 radical (unpaired) electrons. The van der Waals surface area contributed by atoms with Gasteiger partial charge in [-0.1, -0.05) is 37.5 Å². The number of allylic oxidation sites excluding steroid dienone is 2. The van der Waals surface area contributed by atoms with Gasteiger partial charge in [0, 0.05) is 23.2 Å². The van der Waals surface area contributed by atoms with Crippen LogP contribution in [0.2, 0.25) is 0 Å². The van der Waals surface area contributed by atoms with Crippen molar-refractivity contribution in [1.82, 2.24) is 9.16 Å². The Morgan fingerprint density at radius 2 is 2.00 bits per heavy atom. The normalized spacial score (nSPS) is 24.3. The van der Waals surface area contributed by atoms with Crippen molar-refractivity contribution in [2.75, 3.05) is 6.54 Å². The molecule has 2 aliphatic heterocycles. The van der Waals surface area contributed by atoms with E-state index in [9.17, 15) is 9.90 Å². The summed E-state index contributed by atoms with van der Waals surface area (Å²) in [7, 11) is 0. The highest BCUT2D eigenvalue weighted by molar-refractivity contribution is 6.02. The van der Waals surface area contributed by atoms with Gasteiger partial charge in [0.1, 0.15) is 12.7 Å². The van der Waals surface area contributed by atoms with Crippen molar-refractivity contribution in [3.8, 4) is 11.3 Å². The van der Waals surface area contributed by atoms with Gasteiger partial charge >= 0.3 is 5.97 Å². The maximum atomic E-state index is 12.5. The number of hydrogen-bond acceptors (Lipinski definition) is 2. The number of hydrogen-bond donors (Lipinski definition) is 2. The number of rotatable bonds is 2.